The van der Waals surface area contributed by atoms with Crippen molar-refractivity contribution < 1.29 is 156 Å². The molecule has 0 aliphatic carbocycles. The summed E-state index contributed by atoms with van der Waals surface area (Å²) in [5, 5.41) is 0. The third-order valence-electron chi connectivity index (χ3n) is 0. The van der Waals surface area contributed by atoms with E-state index in [4.69, 9.17) is 0 Å². The Labute approximate surface area is 173 Å². The molecule has 0 rings (SSSR count). The van der Waals surface area contributed by atoms with Crippen LogP contribution in [0, 0.1) is 163 Å². The fourth-order valence-corrected chi connectivity index (χ4v) is 0. The predicted molar refractivity (Wildman–Crippen MR) is 19.9 cm³/mol. The van der Waals surface area contributed by atoms with E-state index in [-0.39, 0.29) is 178 Å². The van der Waals surface area contributed by atoms with Crippen LogP contribution in [0.3, 0.4) is 0 Å². The molecule has 0 N–H and O–H groups in total. The minimum absolute atomic E-state index is 0. The van der Waals surface area contributed by atoms with Crippen LogP contribution < -0.4 is 0 Å². The van der Waals surface area contributed by atoms with Crippen LogP contribution in [0.4, 0.5) is 0 Å². The van der Waals surface area contributed by atoms with Crippen LogP contribution in [0.25, 0.3) is 0 Å². The standard InChI is InChI=1S/2CH4.CH3.5U/h2*1H4;1H3;;;;;/q;;-1;;;;;. The summed E-state index contributed by atoms with van der Waals surface area (Å²) in [6.07, 6.45) is 0. The van der Waals surface area contributed by atoms with Crippen molar-refractivity contribution in [2.75, 3.05) is 0 Å². The van der Waals surface area contributed by atoms with Gasteiger partial charge in [-0.3, -0.25) is 0 Å². The van der Waals surface area contributed by atoms with Crippen molar-refractivity contribution in [1.82, 2.24) is 0 Å². The van der Waals surface area contributed by atoms with E-state index < -0.39 is 0 Å². The molecule has 0 amide bonds. The first-order valence-electron chi connectivity index (χ1n) is 0. The van der Waals surface area contributed by atoms with Crippen molar-refractivity contribution in [3.63, 3.8) is 0 Å². The number of hydrogen-bond donors (Lipinski definition) is 0. The molecule has 0 radical (unpaired) electrons. The van der Waals surface area contributed by atoms with E-state index in [1.165, 1.54) is 0 Å². The molecule has 0 aromatic rings. The summed E-state index contributed by atoms with van der Waals surface area (Å²) in [7, 11) is 0. The minimum atomic E-state index is 0. The second-order valence-electron chi connectivity index (χ2n) is 0. The molecule has 0 heterocycles. The average Bonchev–Trinajstić information content (AvgIpc) is 0. The summed E-state index contributed by atoms with van der Waals surface area (Å²) in [5.74, 6) is 0. The molecular formula is C3H11U5-. The predicted octanol–water partition coefficient (Wildman–Crippen LogP) is 1.72. The molecule has 8 heavy (non-hydrogen) atoms. The molecule has 0 atom stereocenters. The van der Waals surface area contributed by atoms with Gasteiger partial charge in [0.2, 0.25) is 0 Å². The first-order chi connectivity index (χ1) is 0. The van der Waals surface area contributed by atoms with E-state index in [2.05, 4.69) is 0 Å². The molecule has 0 aromatic heterocycles. The van der Waals surface area contributed by atoms with Gasteiger partial charge in [-0.05, 0) is 0 Å². The van der Waals surface area contributed by atoms with Gasteiger partial charge in [-0.15, -0.1) is 0 Å². The number of rotatable bonds is 0. The quantitative estimate of drug-likeness (QED) is 0.325. The van der Waals surface area contributed by atoms with Gasteiger partial charge in [0.25, 0.3) is 0 Å². The van der Waals surface area contributed by atoms with E-state index in [1.807, 2.05) is 0 Å². The Morgan fingerprint density at radius 2 is 0.375 bits per heavy atom. The molecule has 5 heteroatoms. The van der Waals surface area contributed by atoms with E-state index in [0.717, 1.165) is 0 Å². The van der Waals surface area contributed by atoms with E-state index in [9.17, 15) is 0 Å². The average molecular weight is 1240 g/mol. The van der Waals surface area contributed by atoms with Gasteiger partial charge in [-0.1, -0.05) is 14.9 Å². The molecular weight excluding hydrogens is 1230 g/mol. The molecule has 0 spiro atoms. The maximum absolute atomic E-state index is 0. The Morgan fingerprint density at radius 3 is 0.375 bits per heavy atom. The van der Waals surface area contributed by atoms with Crippen LogP contribution in [0.5, 0.6) is 0 Å². The molecule has 0 saturated carbocycles. The van der Waals surface area contributed by atoms with Gasteiger partial charge in [0.1, 0.15) is 0 Å². The monoisotopic (exact) mass is 1240 g/mol. The third-order valence-corrected chi connectivity index (χ3v) is 0. The summed E-state index contributed by atoms with van der Waals surface area (Å²) in [6, 6.07) is 0. The van der Waals surface area contributed by atoms with Crippen molar-refractivity contribution in [3.05, 3.63) is 7.43 Å². The first-order valence-corrected chi connectivity index (χ1v) is 0. The van der Waals surface area contributed by atoms with Crippen LogP contribution in [0.15, 0.2) is 0 Å². The van der Waals surface area contributed by atoms with Crippen molar-refractivity contribution >= 4 is 0 Å². The number of hydrogen-bond acceptors (Lipinski definition) is 0. The molecule has 0 aliphatic rings. The topological polar surface area (TPSA) is 0 Å². The zero-order valence-electron chi connectivity index (χ0n) is 3.50. The smallest absolute Gasteiger partial charge is 0 e. The Hall–Kier alpha value is 5.26. The SMILES string of the molecule is C.C.[CH3-].[U].[U].[U].[U].[U]. The van der Waals surface area contributed by atoms with Crippen LogP contribution in [-0.4, -0.2) is 0 Å². The van der Waals surface area contributed by atoms with E-state index >= 15 is 0 Å². The molecule has 0 bridgehead atoms. The summed E-state index contributed by atoms with van der Waals surface area (Å²) in [6.45, 7) is 0. The van der Waals surface area contributed by atoms with Gasteiger partial charge in [0.05, 0.1) is 0 Å². The molecule has 0 aromatic carbocycles. The summed E-state index contributed by atoms with van der Waals surface area (Å²) in [5.41, 5.74) is 0. The fourth-order valence-electron chi connectivity index (χ4n) is 0. The Bertz CT molecular complexity index is 7.64. The van der Waals surface area contributed by atoms with Crippen LogP contribution in [0.2, 0.25) is 0 Å². The maximum Gasteiger partial charge on any atom is 0 e. The zero-order chi connectivity index (χ0) is 0. The van der Waals surface area contributed by atoms with Gasteiger partial charge in [-0.25, -0.2) is 0 Å². The van der Waals surface area contributed by atoms with E-state index in [1.54, 1.807) is 0 Å². The van der Waals surface area contributed by atoms with Crippen LogP contribution in [0.1, 0.15) is 14.9 Å². The minimum Gasteiger partial charge on any atom is -0.358 e. The first kappa shape index (κ1) is 72.0. The molecule has 0 nitrogen and oxygen atoms in total. The largest absolute Gasteiger partial charge is 0.358 e. The van der Waals surface area contributed by atoms with Gasteiger partial charge in [0, 0.05) is 156 Å². The summed E-state index contributed by atoms with van der Waals surface area (Å²) >= 11 is 0. The molecule has 0 saturated heterocycles. The van der Waals surface area contributed by atoms with Crippen molar-refractivity contribution in [3.8, 4) is 0 Å². The Morgan fingerprint density at radius 1 is 0.375 bits per heavy atom. The second kappa shape index (κ2) is 56.2. The zero-order valence-corrected chi connectivity index (χ0v) is 24.3. The van der Waals surface area contributed by atoms with Gasteiger partial charge < -0.3 is 7.43 Å². The van der Waals surface area contributed by atoms with E-state index in [0.29, 0.717) is 0 Å². The molecule has 0 fully saturated rings. The third kappa shape index (κ3) is 42.8. The fraction of sp³-hybridized carbons (Fsp3) is 0.667. The Kier molecular flexibility index (Phi) is 506. The van der Waals surface area contributed by atoms with Gasteiger partial charge >= 0.3 is 0 Å². The Balaban J connectivity index is 0. The van der Waals surface area contributed by atoms with Crippen LogP contribution >= 0.6 is 0 Å². The maximum atomic E-state index is 0. The van der Waals surface area contributed by atoms with Gasteiger partial charge in [0.15, 0.2) is 0 Å². The normalized spacial score (nSPS) is 0. The molecule has 0 unspecified atom stereocenters. The summed E-state index contributed by atoms with van der Waals surface area (Å²) < 4.78 is 0. The van der Waals surface area contributed by atoms with Crippen molar-refractivity contribution in [2.24, 2.45) is 0 Å². The van der Waals surface area contributed by atoms with Gasteiger partial charge in [-0.2, -0.15) is 0 Å². The molecule has 44 valence electrons. The molecule has 0 aliphatic heterocycles. The summed E-state index contributed by atoms with van der Waals surface area (Å²) in [4.78, 5) is 0. The second-order valence-corrected chi connectivity index (χ2v) is 0. The van der Waals surface area contributed by atoms with Crippen LogP contribution in [-0.2, 0) is 0 Å². The van der Waals surface area contributed by atoms with Crippen molar-refractivity contribution in [2.45, 2.75) is 14.9 Å². The van der Waals surface area contributed by atoms with Crippen molar-refractivity contribution in [1.29, 1.82) is 0 Å².